The fourth-order valence-corrected chi connectivity index (χ4v) is 0.660. The molecule has 1 atom stereocenters. The maximum atomic E-state index is 9.86. The largest absolute Gasteiger partial charge is 0.478 e. The number of aliphatic hydroxyl groups is 2. The fraction of sp³-hybridized carbons (Fsp3) is 0.750. The van der Waals surface area contributed by atoms with Gasteiger partial charge in [0.05, 0.1) is 33.0 Å². The van der Waals surface area contributed by atoms with Gasteiger partial charge < -0.3 is 29.5 Å². The molecule has 1 unspecified atom stereocenters. The van der Waals surface area contributed by atoms with Gasteiger partial charge in [-0.05, 0) is 13.8 Å². The summed E-state index contributed by atoms with van der Waals surface area (Å²) in [5.41, 5.74) is 0.389. The topological polar surface area (TPSA) is 105 Å². The normalized spacial score (nSPS) is 12.6. The number of hydrogen-bond donors (Lipinski definition) is 3. The van der Waals surface area contributed by atoms with Crippen LogP contribution in [-0.4, -0.2) is 67.7 Å². The lowest BCUT2D eigenvalue weighted by molar-refractivity contribution is -0.132. The van der Waals surface area contributed by atoms with Crippen LogP contribution in [0.2, 0.25) is 0 Å². The highest BCUT2D eigenvalue weighted by molar-refractivity contribution is 5.85. The lowest BCUT2D eigenvalue weighted by Gasteiger charge is -2.08. The van der Waals surface area contributed by atoms with Crippen molar-refractivity contribution in [1.82, 2.24) is 0 Å². The van der Waals surface area contributed by atoms with Gasteiger partial charge in [0.1, 0.15) is 0 Å². The average Bonchev–Trinajstić information content (AvgIpc) is 2.41. The molecule has 0 spiro atoms. The molecule has 0 radical (unpaired) electrons. The average molecular weight is 280 g/mol. The van der Waals surface area contributed by atoms with Crippen LogP contribution in [0.25, 0.3) is 0 Å². The Morgan fingerprint density at radius 2 is 1.84 bits per heavy atom. The standard InChI is InChI=1S/C7H16O5.C5H8O2/c1-10-7(9)6-12-5-4-11-3-2-8;1-3-4(2)5(6)7/h7-9H,2-6H2,1H3;3H,1-2H3,(H,6,7). The molecule has 7 heteroatoms. The van der Waals surface area contributed by atoms with Gasteiger partial charge in [-0.2, -0.15) is 0 Å². The van der Waals surface area contributed by atoms with Crippen molar-refractivity contribution in [3.63, 3.8) is 0 Å². The summed E-state index contributed by atoms with van der Waals surface area (Å²) >= 11 is 0. The second-order valence-electron chi connectivity index (χ2n) is 3.38. The van der Waals surface area contributed by atoms with Crippen molar-refractivity contribution < 1.29 is 34.3 Å². The first-order valence-corrected chi connectivity index (χ1v) is 5.83. The highest BCUT2D eigenvalue weighted by Crippen LogP contribution is 1.88. The van der Waals surface area contributed by atoms with Crippen LogP contribution in [-0.2, 0) is 19.0 Å². The Kier molecular flexibility index (Phi) is 16.1. The van der Waals surface area contributed by atoms with Crippen LogP contribution in [0.5, 0.6) is 0 Å². The van der Waals surface area contributed by atoms with E-state index < -0.39 is 12.3 Å². The van der Waals surface area contributed by atoms with Gasteiger partial charge in [0, 0.05) is 12.7 Å². The molecule has 0 saturated heterocycles. The van der Waals surface area contributed by atoms with Gasteiger partial charge in [-0.25, -0.2) is 4.79 Å². The van der Waals surface area contributed by atoms with Gasteiger partial charge in [0.15, 0.2) is 6.29 Å². The molecule has 0 saturated carbocycles. The molecule has 7 nitrogen and oxygen atoms in total. The lowest BCUT2D eigenvalue weighted by Crippen LogP contribution is -2.19. The van der Waals surface area contributed by atoms with Gasteiger partial charge in [-0.15, -0.1) is 0 Å². The molecule has 0 heterocycles. The smallest absolute Gasteiger partial charge is 0.330 e. The van der Waals surface area contributed by atoms with Crippen LogP contribution >= 0.6 is 0 Å². The Hall–Kier alpha value is -0.990. The molecule has 19 heavy (non-hydrogen) atoms. The van der Waals surface area contributed by atoms with E-state index in [2.05, 4.69) is 4.74 Å². The zero-order valence-corrected chi connectivity index (χ0v) is 11.7. The number of ether oxygens (including phenoxy) is 3. The van der Waals surface area contributed by atoms with Crippen LogP contribution in [0.4, 0.5) is 0 Å². The van der Waals surface area contributed by atoms with E-state index in [4.69, 9.17) is 24.8 Å². The Morgan fingerprint density at radius 3 is 2.21 bits per heavy atom. The predicted molar refractivity (Wildman–Crippen MR) is 68.8 cm³/mol. The minimum atomic E-state index is -0.872. The van der Waals surface area contributed by atoms with E-state index in [-0.39, 0.29) is 13.2 Å². The molecule has 0 aliphatic heterocycles. The summed E-state index contributed by atoms with van der Waals surface area (Å²) in [7, 11) is 1.40. The van der Waals surface area contributed by atoms with Gasteiger partial charge in [-0.3, -0.25) is 0 Å². The van der Waals surface area contributed by atoms with Gasteiger partial charge in [-0.1, -0.05) is 6.08 Å². The Labute approximate surface area is 113 Å². The Bertz CT molecular complexity index is 240. The second kappa shape index (κ2) is 15.1. The lowest BCUT2D eigenvalue weighted by atomic mass is 10.3. The number of rotatable bonds is 9. The Balaban J connectivity index is 0. The van der Waals surface area contributed by atoms with Crippen molar-refractivity contribution in [2.75, 3.05) is 40.1 Å². The highest BCUT2D eigenvalue weighted by Gasteiger charge is 1.99. The predicted octanol–water partition coefficient (Wildman–Crippen LogP) is 0.0139. The molecular weight excluding hydrogens is 256 g/mol. The number of carbonyl (C=O) groups is 1. The van der Waals surface area contributed by atoms with E-state index >= 15 is 0 Å². The quantitative estimate of drug-likeness (QED) is 0.310. The summed E-state index contributed by atoms with van der Waals surface area (Å²) in [4.78, 5) is 9.86. The van der Waals surface area contributed by atoms with Crippen LogP contribution in [0.1, 0.15) is 13.8 Å². The number of carboxylic acids is 1. The molecule has 0 amide bonds. The minimum Gasteiger partial charge on any atom is -0.478 e. The van der Waals surface area contributed by atoms with Crippen molar-refractivity contribution >= 4 is 5.97 Å². The molecule has 0 aromatic heterocycles. The summed E-state index contributed by atoms with van der Waals surface area (Å²) in [5, 5.41) is 25.3. The number of aliphatic carboxylic acids is 1. The summed E-state index contributed by atoms with van der Waals surface area (Å²) in [6, 6.07) is 0. The molecule has 0 aromatic carbocycles. The molecule has 3 N–H and O–H groups in total. The third kappa shape index (κ3) is 17.0. The van der Waals surface area contributed by atoms with E-state index in [0.717, 1.165) is 0 Å². The number of carboxylic acid groups (broad SMARTS) is 1. The summed E-state index contributed by atoms with van der Waals surface area (Å²) in [6.45, 7) is 4.53. The Morgan fingerprint density at radius 1 is 1.26 bits per heavy atom. The van der Waals surface area contributed by atoms with Crippen molar-refractivity contribution in [3.05, 3.63) is 11.6 Å². The van der Waals surface area contributed by atoms with Gasteiger partial charge >= 0.3 is 5.97 Å². The maximum absolute atomic E-state index is 9.86. The van der Waals surface area contributed by atoms with E-state index in [1.165, 1.54) is 7.11 Å². The SMILES string of the molecule is CC=C(C)C(=O)O.COC(O)COCCOCCO. The molecule has 114 valence electrons. The first kappa shape index (κ1) is 20.3. The number of allylic oxidation sites excluding steroid dienone is 1. The first-order chi connectivity index (χ1) is 8.99. The van der Waals surface area contributed by atoms with E-state index in [1.807, 2.05) is 0 Å². The molecule has 0 rings (SSSR count). The molecular formula is C12H24O7. The zero-order valence-electron chi connectivity index (χ0n) is 11.7. The highest BCUT2D eigenvalue weighted by atomic mass is 16.6. The maximum Gasteiger partial charge on any atom is 0.330 e. The van der Waals surface area contributed by atoms with Crippen LogP contribution in [0.3, 0.4) is 0 Å². The van der Waals surface area contributed by atoms with Crippen LogP contribution in [0, 0.1) is 0 Å². The number of aliphatic hydroxyl groups excluding tert-OH is 2. The third-order valence-electron chi connectivity index (χ3n) is 1.91. The number of hydrogen-bond acceptors (Lipinski definition) is 6. The van der Waals surface area contributed by atoms with E-state index in [0.29, 0.717) is 25.4 Å². The summed E-state index contributed by atoms with van der Waals surface area (Å²) < 4.78 is 14.4. The molecule has 0 aliphatic rings. The first-order valence-electron chi connectivity index (χ1n) is 5.83. The van der Waals surface area contributed by atoms with E-state index in [1.54, 1.807) is 19.9 Å². The fourth-order valence-electron chi connectivity index (χ4n) is 0.660. The molecule has 0 fully saturated rings. The van der Waals surface area contributed by atoms with Crippen LogP contribution < -0.4 is 0 Å². The molecule has 0 bridgehead atoms. The minimum absolute atomic E-state index is 0.0146. The van der Waals surface area contributed by atoms with Crippen molar-refractivity contribution in [2.24, 2.45) is 0 Å². The van der Waals surface area contributed by atoms with Gasteiger partial charge in [0.25, 0.3) is 0 Å². The van der Waals surface area contributed by atoms with Gasteiger partial charge in [0.2, 0.25) is 0 Å². The summed E-state index contributed by atoms with van der Waals surface area (Å²) in [6.07, 6.45) is 0.686. The number of methoxy groups -OCH3 is 1. The third-order valence-corrected chi connectivity index (χ3v) is 1.91. The van der Waals surface area contributed by atoms with E-state index in [9.17, 15) is 4.79 Å². The van der Waals surface area contributed by atoms with Crippen molar-refractivity contribution in [3.8, 4) is 0 Å². The molecule has 0 aromatic rings. The zero-order chi connectivity index (χ0) is 15.1. The second-order valence-corrected chi connectivity index (χ2v) is 3.38. The summed E-state index contributed by atoms with van der Waals surface area (Å²) in [5.74, 6) is -0.845. The van der Waals surface area contributed by atoms with Crippen molar-refractivity contribution in [1.29, 1.82) is 0 Å². The van der Waals surface area contributed by atoms with Crippen LogP contribution in [0.15, 0.2) is 11.6 Å². The van der Waals surface area contributed by atoms with Crippen molar-refractivity contribution in [2.45, 2.75) is 20.1 Å². The molecule has 0 aliphatic carbocycles. The monoisotopic (exact) mass is 280 g/mol.